The fourth-order valence-electron chi connectivity index (χ4n) is 3.15. The first-order chi connectivity index (χ1) is 15.0. The molecule has 0 aliphatic rings. The maximum Gasteiger partial charge on any atom is 0.306 e. The first-order valence-electron chi connectivity index (χ1n) is 9.90. The number of carbonyl (C=O) groups is 1. The fraction of sp³-hybridized carbons (Fsp3) is 0.250. The maximum absolute atomic E-state index is 12.2. The average molecular weight is 424 g/mol. The van der Waals surface area contributed by atoms with Gasteiger partial charge in [0.2, 0.25) is 11.2 Å². The highest BCUT2D eigenvalue weighted by Gasteiger charge is 2.26. The van der Waals surface area contributed by atoms with E-state index in [1.54, 1.807) is 31.2 Å². The van der Waals surface area contributed by atoms with Crippen molar-refractivity contribution >= 4 is 5.97 Å². The Hall–Kier alpha value is -3.58. The van der Waals surface area contributed by atoms with Gasteiger partial charge >= 0.3 is 5.97 Å². The predicted molar refractivity (Wildman–Crippen MR) is 113 cm³/mol. The third kappa shape index (κ3) is 5.73. The molecule has 7 nitrogen and oxygen atoms in total. The Balaban J connectivity index is 1.88. The molecule has 0 bridgehead atoms. The number of hydrogen-bond acceptors (Lipinski definition) is 7. The summed E-state index contributed by atoms with van der Waals surface area (Å²) in [6.07, 6.45) is -0.149. The van der Waals surface area contributed by atoms with Crippen LogP contribution in [-0.2, 0) is 22.7 Å². The lowest BCUT2D eigenvalue weighted by atomic mass is 9.92. The largest absolute Gasteiger partial charge is 0.502 e. The molecule has 1 heterocycles. The summed E-state index contributed by atoms with van der Waals surface area (Å²) in [6, 6.07) is 17.7. The average Bonchev–Trinajstić information content (AvgIpc) is 2.79. The van der Waals surface area contributed by atoms with Crippen molar-refractivity contribution in [2.75, 3.05) is 6.61 Å². The van der Waals surface area contributed by atoms with Gasteiger partial charge in [0.25, 0.3) is 0 Å². The van der Waals surface area contributed by atoms with Gasteiger partial charge in [0.1, 0.15) is 24.7 Å². The van der Waals surface area contributed by atoms with E-state index >= 15 is 0 Å². The first kappa shape index (κ1) is 22.1. The minimum Gasteiger partial charge on any atom is -0.502 e. The minimum absolute atomic E-state index is 0.00512. The van der Waals surface area contributed by atoms with Crippen LogP contribution in [0.4, 0.5) is 0 Å². The topological polar surface area (TPSA) is 106 Å². The number of aliphatic hydroxyl groups is 1. The smallest absolute Gasteiger partial charge is 0.306 e. The van der Waals surface area contributed by atoms with E-state index in [2.05, 4.69) is 0 Å². The van der Waals surface area contributed by atoms with Gasteiger partial charge in [0.05, 0.1) is 18.9 Å². The molecule has 3 rings (SSSR count). The third-order valence-corrected chi connectivity index (χ3v) is 4.68. The molecule has 0 saturated carbocycles. The van der Waals surface area contributed by atoms with Crippen molar-refractivity contribution in [1.29, 1.82) is 0 Å². The van der Waals surface area contributed by atoms with Crippen molar-refractivity contribution in [3.8, 4) is 11.5 Å². The summed E-state index contributed by atoms with van der Waals surface area (Å²) in [5.41, 5.74) is 0.954. The highest BCUT2D eigenvalue weighted by molar-refractivity contribution is 5.71. The van der Waals surface area contributed by atoms with Gasteiger partial charge in [-0.25, -0.2) is 0 Å². The van der Waals surface area contributed by atoms with Gasteiger partial charge in [-0.1, -0.05) is 42.5 Å². The molecule has 2 aromatic carbocycles. The zero-order chi connectivity index (χ0) is 22.2. The first-order valence-corrected chi connectivity index (χ1v) is 9.90. The van der Waals surface area contributed by atoms with E-state index in [-0.39, 0.29) is 24.5 Å². The second-order valence-corrected chi connectivity index (χ2v) is 6.85. The number of aliphatic hydroxyl groups excluding tert-OH is 1. The van der Waals surface area contributed by atoms with Gasteiger partial charge in [-0.15, -0.1) is 0 Å². The summed E-state index contributed by atoms with van der Waals surface area (Å²) in [5, 5.41) is 19.7. The van der Waals surface area contributed by atoms with Crippen LogP contribution in [-0.4, -0.2) is 22.8 Å². The van der Waals surface area contributed by atoms with E-state index in [1.165, 1.54) is 0 Å². The van der Waals surface area contributed by atoms with Crippen LogP contribution in [0.15, 0.2) is 69.9 Å². The van der Waals surface area contributed by atoms with Crippen molar-refractivity contribution in [3.05, 3.63) is 93.5 Å². The van der Waals surface area contributed by atoms with Gasteiger partial charge in [0, 0.05) is 6.07 Å². The number of rotatable bonds is 9. The Kier molecular flexibility index (Phi) is 7.45. The summed E-state index contributed by atoms with van der Waals surface area (Å²) in [5.74, 6) is -1.36. The quantitative estimate of drug-likeness (QED) is 0.506. The molecule has 2 N–H and O–H groups in total. The van der Waals surface area contributed by atoms with E-state index in [0.29, 0.717) is 17.9 Å². The van der Waals surface area contributed by atoms with Gasteiger partial charge in [-0.3, -0.25) is 9.59 Å². The molecule has 0 spiro atoms. The molecule has 7 heteroatoms. The Morgan fingerprint density at radius 3 is 2.45 bits per heavy atom. The number of hydrogen-bond donors (Lipinski definition) is 2. The van der Waals surface area contributed by atoms with Gasteiger partial charge in [-0.05, 0) is 30.2 Å². The molecule has 0 fully saturated rings. The Bertz CT molecular complexity index is 1060. The maximum atomic E-state index is 12.2. The summed E-state index contributed by atoms with van der Waals surface area (Å²) < 4.78 is 16.4. The lowest BCUT2D eigenvalue weighted by Crippen LogP contribution is -2.15. The Morgan fingerprint density at radius 1 is 1.10 bits per heavy atom. The number of aromatic hydroxyl groups is 1. The Labute approximate surface area is 179 Å². The van der Waals surface area contributed by atoms with E-state index in [0.717, 1.165) is 11.6 Å². The van der Waals surface area contributed by atoms with Gasteiger partial charge < -0.3 is 24.1 Å². The second-order valence-electron chi connectivity index (χ2n) is 6.85. The molecule has 0 unspecified atom stereocenters. The van der Waals surface area contributed by atoms with E-state index < -0.39 is 29.7 Å². The van der Waals surface area contributed by atoms with E-state index in [1.807, 2.05) is 30.3 Å². The van der Waals surface area contributed by atoms with Crippen LogP contribution >= 0.6 is 0 Å². The van der Waals surface area contributed by atoms with E-state index in [9.17, 15) is 19.8 Å². The Morgan fingerprint density at radius 2 is 1.81 bits per heavy atom. The van der Waals surface area contributed by atoms with Gasteiger partial charge in [-0.2, -0.15) is 0 Å². The fourth-order valence-corrected chi connectivity index (χ4v) is 3.15. The molecule has 31 heavy (non-hydrogen) atoms. The molecule has 0 radical (unpaired) electrons. The molecule has 162 valence electrons. The minimum atomic E-state index is -0.776. The van der Waals surface area contributed by atoms with Crippen LogP contribution in [0.1, 0.15) is 41.9 Å². The molecule has 0 aliphatic heterocycles. The second kappa shape index (κ2) is 10.4. The molecule has 1 aromatic heterocycles. The van der Waals surface area contributed by atoms with Crippen molar-refractivity contribution in [2.24, 2.45) is 0 Å². The molecular weight excluding hydrogens is 400 g/mol. The zero-order valence-corrected chi connectivity index (χ0v) is 17.1. The monoisotopic (exact) mass is 424 g/mol. The van der Waals surface area contributed by atoms with Crippen LogP contribution in [0.25, 0.3) is 0 Å². The lowest BCUT2D eigenvalue weighted by molar-refractivity contribution is -0.143. The normalized spacial score (nSPS) is 11.7. The summed E-state index contributed by atoms with van der Waals surface area (Å²) in [4.78, 5) is 24.3. The van der Waals surface area contributed by atoms with Crippen molar-refractivity contribution in [3.63, 3.8) is 0 Å². The molecule has 1 atom stereocenters. The van der Waals surface area contributed by atoms with Crippen LogP contribution in [0.3, 0.4) is 0 Å². The van der Waals surface area contributed by atoms with Gasteiger partial charge in [0.15, 0.2) is 5.76 Å². The molecule has 0 amide bonds. The third-order valence-electron chi connectivity index (χ3n) is 4.68. The summed E-state index contributed by atoms with van der Waals surface area (Å²) in [7, 11) is 0. The van der Waals surface area contributed by atoms with Crippen LogP contribution in [0.2, 0.25) is 0 Å². The summed E-state index contributed by atoms with van der Waals surface area (Å²) in [6.45, 7) is 1.78. The summed E-state index contributed by atoms with van der Waals surface area (Å²) >= 11 is 0. The number of benzene rings is 2. The zero-order valence-electron chi connectivity index (χ0n) is 17.1. The highest BCUT2D eigenvalue weighted by atomic mass is 16.5. The lowest BCUT2D eigenvalue weighted by Gasteiger charge is -2.18. The number of ether oxygens (including phenoxy) is 2. The van der Waals surface area contributed by atoms with E-state index in [4.69, 9.17) is 13.9 Å². The molecule has 3 aromatic rings. The van der Waals surface area contributed by atoms with Crippen molar-refractivity contribution in [1.82, 2.24) is 0 Å². The molecule has 0 aliphatic carbocycles. The van der Waals surface area contributed by atoms with Crippen LogP contribution < -0.4 is 10.2 Å². The number of esters is 1. The highest BCUT2D eigenvalue weighted by Crippen LogP contribution is 2.34. The number of carbonyl (C=O) groups excluding carboxylic acids is 1. The SMILES string of the molecule is CCOC(=O)C[C@@H](c1ccc(OCc2ccccc2)cc1)c1oc(CO)cc(=O)c1O. The molecule has 0 saturated heterocycles. The predicted octanol–water partition coefficient (Wildman–Crippen LogP) is 3.50. The molecular formula is C24H24O7. The standard InChI is InChI=1S/C24H24O7/c1-2-29-22(27)13-20(24-23(28)21(26)12-19(14-25)31-24)17-8-10-18(11-9-17)30-15-16-6-4-3-5-7-16/h3-12,20,25,28H,2,13-15H2,1H3/t20-/m0/s1. The van der Waals surface area contributed by atoms with Crippen molar-refractivity contribution in [2.45, 2.75) is 32.5 Å². The van der Waals surface area contributed by atoms with Crippen molar-refractivity contribution < 1.29 is 28.9 Å². The van der Waals surface area contributed by atoms with Crippen LogP contribution in [0, 0.1) is 0 Å². The van der Waals surface area contributed by atoms with Crippen LogP contribution in [0.5, 0.6) is 11.5 Å².